The molecule has 2 unspecified atom stereocenters. The first-order chi connectivity index (χ1) is 8.08. The minimum atomic E-state index is -1.04. The van der Waals surface area contributed by atoms with Gasteiger partial charge in [-0.15, -0.1) is 0 Å². The molecule has 0 aromatic heterocycles. The van der Waals surface area contributed by atoms with Crippen LogP contribution in [0.25, 0.3) is 0 Å². The Morgan fingerprint density at radius 2 is 2.12 bits per heavy atom. The predicted molar refractivity (Wildman–Crippen MR) is 66.3 cm³/mol. The Morgan fingerprint density at radius 1 is 1.41 bits per heavy atom. The molecule has 2 atom stereocenters. The zero-order valence-electron chi connectivity index (χ0n) is 9.56. The molecule has 0 spiro atoms. The van der Waals surface area contributed by atoms with Gasteiger partial charge in [-0.2, -0.15) is 0 Å². The van der Waals surface area contributed by atoms with E-state index in [0.29, 0.717) is 35.4 Å². The number of carbonyl (C=O) groups is 1. The van der Waals surface area contributed by atoms with Crippen molar-refractivity contribution in [2.75, 3.05) is 13.6 Å². The SMILES string of the molecule is CNCCC(O)C(O)c1cc(Cl)cc(C=O)c1. The highest BCUT2D eigenvalue weighted by atomic mass is 35.5. The van der Waals surface area contributed by atoms with Crippen molar-refractivity contribution in [2.24, 2.45) is 0 Å². The second-order valence-corrected chi connectivity index (χ2v) is 4.28. The lowest BCUT2D eigenvalue weighted by atomic mass is 10.0. The van der Waals surface area contributed by atoms with Gasteiger partial charge in [0.1, 0.15) is 12.4 Å². The minimum Gasteiger partial charge on any atom is -0.390 e. The molecule has 4 nitrogen and oxygen atoms in total. The van der Waals surface area contributed by atoms with Gasteiger partial charge in [-0.3, -0.25) is 4.79 Å². The van der Waals surface area contributed by atoms with Gasteiger partial charge in [0.15, 0.2) is 0 Å². The highest BCUT2D eigenvalue weighted by Gasteiger charge is 2.18. The van der Waals surface area contributed by atoms with E-state index in [1.165, 1.54) is 12.1 Å². The number of nitrogens with one attached hydrogen (secondary N) is 1. The first kappa shape index (κ1) is 14.1. The Morgan fingerprint density at radius 3 is 2.71 bits per heavy atom. The number of rotatable bonds is 6. The van der Waals surface area contributed by atoms with Crippen molar-refractivity contribution in [3.05, 3.63) is 34.3 Å². The van der Waals surface area contributed by atoms with Crippen LogP contribution in [0.15, 0.2) is 18.2 Å². The van der Waals surface area contributed by atoms with E-state index in [1.807, 2.05) is 0 Å². The Kier molecular flexibility index (Phi) is 5.58. The topological polar surface area (TPSA) is 69.6 Å². The van der Waals surface area contributed by atoms with Gasteiger partial charge < -0.3 is 15.5 Å². The van der Waals surface area contributed by atoms with E-state index in [1.54, 1.807) is 13.1 Å². The average molecular weight is 258 g/mol. The Hall–Kier alpha value is -0.940. The summed E-state index contributed by atoms with van der Waals surface area (Å²) in [5.41, 5.74) is 0.829. The van der Waals surface area contributed by atoms with E-state index < -0.39 is 12.2 Å². The summed E-state index contributed by atoms with van der Waals surface area (Å²) in [6.07, 6.45) is -0.857. The summed E-state index contributed by atoms with van der Waals surface area (Å²) in [5, 5.41) is 22.9. The van der Waals surface area contributed by atoms with Gasteiger partial charge in [-0.25, -0.2) is 0 Å². The van der Waals surface area contributed by atoms with Crippen LogP contribution in [-0.4, -0.2) is 36.2 Å². The molecule has 3 N–H and O–H groups in total. The molecule has 0 bridgehead atoms. The number of halogens is 1. The molecule has 1 aromatic rings. The van der Waals surface area contributed by atoms with Crippen LogP contribution >= 0.6 is 11.6 Å². The van der Waals surface area contributed by atoms with Crippen LogP contribution in [0.2, 0.25) is 5.02 Å². The molecule has 17 heavy (non-hydrogen) atoms. The van der Waals surface area contributed by atoms with Crippen LogP contribution in [0.1, 0.15) is 28.4 Å². The molecule has 0 radical (unpaired) electrons. The summed E-state index contributed by atoms with van der Waals surface area (Å²) in [5.74, 6) is 0. The average Bonchev–Trinajstić information content (AvgIpc) is 2.34. The molecule has 1 aromatic carbocycles. The van der Waals surface area contributed by atoms with E-state index in [2.05, 4.69) is 5.32 Å². The number of aliphatic hydroxyl groups is 2. The molecular formula is C12H16ClNO3. The lowest BCUT2D eigenvalue weighted by Gasteiger charge is -2.18. The molecule has 1 rings (SSSR count). The van der Waals surface area contributed by atoms with E-state index in [9.17, 15) is 15.0 Å². The van der Waals surface area contributed by atoms with Gasteiger partial charge in [0.05, 0.1) is 6.10 Å². The van der Waals surface area contributed by atoms with Crippen LogP contribution in [0.4, 0.5) is 0 Å². The summed E-state index contributed by atoms with van der Waals surface area (Å²) < 4.78 is 0. The maximum absolute atomic E-state index is 10.7. The maximum Gasteiger partial charge on any atom is 0.150 e. The van der Waals surface area contributed by atoms with Crippen molar-refractivity contribution in [3.8, 4) is 0 Å². The summed E-state index contributed by atoms with van der Waals surface area (Å²) in [4.78, 5) is 10.7. The number of hydrogen-bond acceptors (Lipinski definition) is 4. The molecular weight excluding hydrogens is 242 g/mol. The normalized spacial score (nSPS) is 14.4. The number of hydrogen-bond donors (Lipinski definition) is 3. The van der Waals surface area contributed by atoms with Gasteiger partial charge in [-0.05, 0) is 43.8 Å². The second kappa shape index (κ2) is 6.71. The second-order valence-electron chi connectivity index (χ2n) is 3.84. The first-order valence-electron chi connectivity index (χ1n) is 5.35. The van der Waals surface area contributed by atoms with Crippen molar-refractivity contribution in [2.45, 2.75) is 18.6 Å². The van der Waals surface area contributed by atoms with Crippen LogP contribution < -0.4 is 5.32 Å². The monoisotopic (exact) mass is 257 g/mol. The molecule has 5 heteroatoms. The van der Waals surface area contributed by atoms with Crippen molar-refractivity contribution >= 4 is 17.9 Å². The highest BCUT2D eigenvalue weighted by molar-refractivity contribution is 6.30. The van der Waals surface area contributed by atoms with Crippen molar-refractivity contribution < 1.29 is 15.0 Å². The molecule has 0 fully saturated rings. The number of benzene rings is 1. The smallest absolute Gasteiger partial charge is 0.150 e. The summed E-state index contributed by atoms with van der Waals surface area (Å²) in [7, 11) is 1.77. The molecule has 94 valence electrons. The van der Waals surface area contributed by atoms with E-state index in [0.717, 1.165) is 0 Å². The quantitative estimate of drug-likeness (QED) is 0.669. The van der Waals surface area contributed by atoms with E-state index in [-0.39, 0.29) is 0 Å². The fourth-order valence-electron chi connectivity index (χ4n) is 1.55. The predicted octanol–water partition coefficient (Wildman–Crippen LogP) is 1.16. The maximum atomic E-state index is 10.7. The van der Waals surface area contributed by atoms with Crippen LogP contribution in [0.3, 0.4) is 0 Å². The Bertz CT molecular complexity index is 384. The zero-order chi connectivity index (χ0) is 12.8. The van der Waals surface area contributed by atoms with Gasteiger partial charge in [0, 0.05) is 10.6 Å². The number of aldehydes is 1. The minimum absolute atomic E-state index is 0.365. The number of aliphatic hydroxyl groups excluding tert-OH is 2. The summed E-state index contributed by atoms with van der Waals surface area (Å²) >= 11 is 5.82. The van der Waals surface area contributed by atoms with E-state index >= 15 is 0 Å². The first-order valence-corrected chi connectivity index (χ1v) is 5.72. The zero-order valence-corrected chi connectivity index (χ0v) is 10.3. The van der Waals surface area contributed by atoms with Crippen molar-refractivity contribution in [1.82, 2.24) is 5.32 Å². The summed E-state index contributed by atoms with van der Waals surface area (Å²) in [6.45, 7) is 0.597. The van der Waals surface area contributed by atoms with Gasteiger partial charge >= 0.3 is 0 Å². The Balaban J connectivity index is 2.83. The van der Waals surface area contributed by atoms with Crippen LogP contribution in [0.5, 0.6) is 0 Å². The van der Waals surface area contributed by atoms with Crippen LogP contribution in [-0.2, 0) is 0 Å². The highest BCUT2D eigenvalue weighted by Crippen LogP contribution is 2.23. The van der Waals surface area contributed by atoms with Crippen molar-refractivity contribution in [1.29, 1.82) is 0 Å². The third-order valence-electron chi connectivity index (χ3n) is 2.47. The lowest BCUT2D eigenvalue weighted by Crippen LogP contribution is -2.23. The molecule has 0 aliphatic carbocycles. The van der Waals surface area contributed by atoms with Gasteiger partial charge in [-0.1, -0.05) is 11.6 Å². The van der Waals surface area contributed by atoms with Crippen molar-refractivity contribution in [3.63, 3.8) is 0 Å². The molecule has 0 amide bonds. The third-order valence-corrected chi connectivity index (χ3v) is 2.69. The number of carbonyl (C=O) groups excluding carboxylic acids is 1. The van der Waals surface area contributed by atoms with Crippen LogP contribution in [0, 0.1) is 0 Å². The largest absolute Gasteiger partial charge is 0.390 e. The molecule has 0 heterocycles. The Labute approximate surface area is 105 Å². The fourth-order valence-corrected chi connectivity index (χ4v) is 1.80. The van der Waals surface area contributed by atoms with Gasteiger partial charge in [0.25, 0.3) is 0 Å². The fraction of sp³-hybridized carbons (Fsp3) is 0.417. The molecule has 0 saturated heterocycles. The molecule has 0 saturated carbocycles. The van der Waals surface area contributed by atoms with E-state index in [4.69, 9.17) is 11.6 Å². The molecule has 0 aliphatic heterocycles. The third kappa shape index (κ3) is 4.09. The molecule has 0 aliphatic rings. The summed E-state index contributed by atoms with van der Waals surface area (Å²) in [6, 6.07) is 4.57. The lowest BCUT2D eigenvalue weighted by molar-refractivity contribution is 0.0140. The van der Waals surface area contributed by atoms with Gasteiger partial charge in [0.2, 0.25) is 0 Å². The standard InChI is InChI=1S/C12H16ClNO3/c1-14-3-2-11(16)12(17)9-4-8(7-15)5-10(13)6-9/h4-7,11-12,14,16-17H,2-3H2,1H3.